The third kappa shape index (κ3) is 4.27. The number of ketones is 1. The van der Waals surface area contributed by atoms with E-state index in [1.54, 1.807) is 12.1 Å². The molecule has 0 aliphatic heterocycles. The monoisotopic (exact) mass is 293 g/mol. The van der Waals surface area contributed by atoms with Crippen LogP contribution in [-0.4, -0.2) is 12.3 Å². The molecule has 0 saturated carbocycles. The lowest BCUT2D eigenvalue weighted by Crippen LogP contribution is -2.15. The van der Waals surface area contributed by atoms with Gasteiger partial charge in [-0.3, -0.25) is 4.79 Å². The molecular weight excluding hydrogens is 281 g/mol. The van der Waals surface area contributed by atoms with Gasteiger partial charge in [-0.25, -0.2) is 0 Å². The highest BCUT2D eigenvalue weighted by atomic mass is 35.5. The second kappa shape index (κ2) is 6.60. The molecule has 19 heavy (non-hydrogen) atoms. The van der Waals surface area contributed by atoms with Gasteiger partial charge in [-0.2, -0.15) is 0 Å². The van der Waals surface area contributed by atoms with E-state index in [1.807, 2.05) is 36.4 Å². The second-order valence-electron chi connectivity index (χ2n) is 4.18. The van der Waals surface area contributed by atoms with Crippen molar-refractivity contribution in [2.75, 3.05) is 11.9 Å². The summed E-state index contributed by atoms with van der Waals surface area (Å²) in [5.41, 5.74) is 1.80. The number of hydrogen-bond acceptors (Lipinski definition) is 2. The molecule has 0 amide bonds. The predicted octanol–water partition coefficient (Wildman–Crippen LogP) is 4.22. The van der Waals surface area contributed by atoms with Crippen molar-refractivity contribution in [3.63, 3.8) is 0 Å². The molecule has 4 heteroatoms. The number of carbonyl (C=O) groups excluding carboxylic acids is 1. The average Bonchev–Trinajstić information content (AvgIpc) is 2.42. The van der Waals surface area contributed by atoms with E-state index in [1.165, 1.54) is 0 Å². The molecule has 0 radical (unpaired) electrons. The summed E-state index contributed by atoms with van der Waals surface area (Å²) in [6.45, 7) is 0.296. The first-order valence-electron chi connectivity index (χ1n) is 5.90. The number of hydrogen-bond donors (Lipinski definition) is 1. The molecule has 2 aromatic rings. The van der Waals surface area contributed by atoms with E-state index in [4.69, 9.17) is 23.2 Å². The van der Waals surface area contributed by atoms with E-state index in [2.05, 4.69) is 5.32 Å². The Balaban J connectivity index is 1.89. The van der Waals surface area contributed by atoms with Crippen molar-refractivity contribution < 1.29 is 4.79 Å². The summed E-state index contributed by atoms with van der Waals surface area (Å²) in [5.74, 6) is 0.0993. The average molecular weight is 294 g/mol. The molecule has 2 aromatic carbocycles. The number of halogens is 2. The Kier molecular flexibility index (Phi) is 4.83. The van der Waals surface area contributed by atoms with Crippen LogP contribution in [0.5, 0.6) is 0 Å². The van der Waals surface area contributed by atoms with Crippen molar-refractivity contribution in [3.8, 4) is 0 Å². The van der Waals surface area contributed by atoms with Crippen LogP contribution in [0, 0.1) is 0 Å². The molecule has 2 nitrogen and oxygen atoms in total. The maximum atomic E-state index is 11.8. The minimum absolute atomic E-state index is 0.0993. The molecule has 0 saturated heterocycles. The van der Waals surface area contributed by atoms with Crippen molar-refractivity contribution in [2.24, 2.45) is 0 Å². The lowest BCUT2D eigenvalue weighted by Gasteiger charge is -2.06. The minimum atomic E-state index is 0.0993. The number of benzene rings is 2. The molecule has 1 N–H and O–H groups in total. The van der Waals surface area contributed by atoms with Gasteiger partial charge in [0.1, 0.15) is 0 Å². The van der Waals surface area contributed by atoms with Crippen LogP contribution in [-0.2, 0) is 11.2 Å². The summed E-state index contributed by atoms with van der Waals surface area (Å²) in [4.78, 5) is 11.8. The fraction of sp³-hybridized carbons (Fsp3) is 0.133. The fourth-order valence-corrected chi connectivity index (χ4v) is 2.02. The van der Waals surface area contributed by atoms with Crippen molar-refractivity contribution in [2.45, 2.75) is 6.42 Å². The van der Waals surface area contributed by atoms with Gasteiger partial charge in [0.05, 0.1) is 16.6 Å². The number of para-hydroxylation sites is 1. The zero-order valence-corrected chi connectivity index (χ0v) is 11.7. The molecule has 98 valence electrons. The van der Waals surface area contributed by atoms with Gasteiger partial charge in [-0.1, -0.05) is 47.5 Å². The molecule has 0 heterocycles. The summed E-state index contributed by atoms with van der Waals surface area (Å²) >= 11 is 11.7. The Bertz CT molecular complexity index is 570. The van der Waals surface area contributed by atoms with Crippen LogP contribution in [0.3, 0.4) is 0 Å². The molecule has 0 atom stereocenters. The Morgan fingerprint density at radius 2 is 1.74 bits per heavy atom. The van der Waals surface area contributed by atoms with E-state index < -0.39 is 0 Å². The molecule has 2 rings (SSSR count). The first-order chi connectivity index (χ1) is 9.15. The first-order valence-corrected chi connectivity index (χ1v) is 6.65. The quantitative estimate of drug-likeness (QED) is 0.894. The Hall–Kier alpha value is -1.51. The van der Waals surface area contributed by atoms with E-state index >= 15 is 0 Å². The largest absolute Gasteiger partial charge is 0.378 e. The third-order valence-electron chi connectivity index (χ3n) is 2.65. The van der Waals surface area contributed by atoms with Gasteiger partial charge in [0.25, 0.3) is 0 Å². The highest BCUT2D eigenvalue weighted by molar-refractivity contribution is 6.42. The molecular formula is C15H13Cl2NO. The normalized spacial score (nSPS) is 10.2. The maximum absolute atomic E-state index is 11.8. The zero-order chi connectivity index (χ0) is 13.7. The summed E-state index contributed by atoms with van der Waals surface area (Å²) < 4.78 is 0. The number of carbonyl (C=O) groups is 1. The third-order valence-corrected chi connectivity index (χ3v) is 3.39. The maximum Gasteiger partial charge on any atom is 0.156 e. The van der Waals surface area contributed by atoms with E-state index in [-0.39, 0.29) is 5.78 Å². The van der Waals surface area contributed by atoms with Gasteiger partial charge in [0, 0.05) is 12.1 Å². The summed E-state index contributed by atoms with van der Waals surface area (Å²) in [7, 11) is 0. The molecule has 0 unspecified atom stereocenters. The zero-order valence-electron chi connectivity index (χ0n) is 10.2. The Morgan fingerprint density at radius 1 is 1.00 bits per heavy atom. The number of nitrogens with one attached hydrogen (secondary N) is 1. The summed E-state index contributed by atoms with van der Waals surface area (Å²) in [6, 6.07) is 14.9. The number of Topliss-reactive ketones (excluding diaryl/α,β-unsaturated/α-hetero) is 1. The first kappa shape index (κ1) is 13.9. The minimum Gasteiger partial charge on any atom is -0.378 e. The molecule has 0 spiro atoms. The van der Waals surface area contributed by atoms with E-state index in [0.717, 1.165) is 11.3 Å². The van der Waals surface area contributed by atoms with Crippen molar-refractivity contribution >= 4 is 34.7 Å². The smallest absolute Gasteiger partial charge is 0.156 e. The molecule has 0 aliphatic rings. The number of anilines is 1. The van der Waals surface area contributed by atoms with Crippen molar-refractivity contribution in [3.05, 3.63) is 64.1 Å². The number of rotatable bonds is 5. The lowest BCUT2D eigenvalue weighted by atomic mass is 10.1. The van der Waals surface area contributed by atoms with Crippen LogP contribution in [0.2, 0.25) is 10.0 Å². The highest BCUT2D eigenvalue weighted by Crippen LogP contribution is 2.22. The molecule has 0 aromatic heterocycles. The molecule has 0 fully saturated rings. The van der Waals surface area contributed by atoms with Gasteiger partial charge in [0.2, 0.25) is 0 Å². The van der Waals surface area contributed by atoms with Gasteiger partial charge < -0.3 is 5.32 Å². The molecule has 0 aliphatic carbocycles. The van der Waals surface area contributed by atoms with Gasteiger partial charge in [0.15, 0.2) is 5.78 Å². The van der Waals surface area contributed by atoms with Gasteiger partial charge >= 0.3 is 0 Å². The van der Waals surface area contributed by atoms with E-state index in [0.29, 0.717) is 23.0 Å². The summed E-state index contributed by atoms with van der Waals surface area (Å²) in [6.07, 6.45) is 0.344. The summed E-state index contributed by atoms with van der Waals surface area (Å²) in [5, 5.41) is 4.06. The standard InChI is InChI=1S/C15H13Cl2NO/c16-14-7-6-11(9-15(14)17)8-13(19)10-18-12-4-2-1-3-5-12/h1-7,9,18H,8,10H2. The van der Waals surface area contributed by atoms with Crippen LogP contribution in [0.25, 0.3) is 0 Å². The van der Waals surface area contributed by atoms with Crippen LogP contribution in [0.15, 0.2) is 48.5 Å². The van der Waals surface area contributed by atoms with Gasteiger partial charge in [-0.15, -0.1) is 0 Å². The Labute approximate surface area is 122 Å². The van der Waals surface area contributed by atoms with Crippen molar-refractivity contribution in [1.29, 1.82) is 0 Å². The van der Waals surface area contributed by atoms with Crippen LogP contribution >= 0.6 is 23.2 Å². The van der Waals surface area contributed by atoms with Crippen LogP contribution in [0.1, 0.15) is 5.56 Å². The highest BCUT2D eigenvalue weighted by Gasteiger charge is 2.05. The van der Waals surface area contributed by atoms with Gasteiger partial charge in [-0.05, 0) is 29.8 Å². The Morgan fingerprint density at radius 3 is 2.42 bits per heavy atom. The topological polar surface area (TPSA) is 29.1 Å². The SMILES string of the molecule is O=C(CNc1ccccc1)Cc1ccc(Cl)c(Cl)c1. The van der Waals surface area contributed by atoms with Crippen molar-refractivity contribution in [1.82, 2.24) is 0 Å². The predicted molar refractivity (Wildman–Crippen MR) is 80.1 cm³/mol. The van der Waals surface area contributed by atoms with E-state index in [9.17, 15) is 4.79 Å². The van der Waals surface area contributed by atoms with Crippen LogP contribution in [0.4, 0.5) is 5.69 Å². The lowest BCUT2D eigenvalue weighted by molar-refractivity contribution is -0.116. The van der Waals surface area contributed by atoms with Crippen LogP contribution < -0.4 is 5.32 Å². The fourth-order valence-electron chi connectivity index (χ4n) is 1.70. The second-order valence-corrected chi connectivity index (χ2v) is 5.00. The molecule has 0 bridgehead atoms.